The number of hydrogen-bond donors (Lipinski definition) is 2. The molecule has 4 fully saturated rings. The van der Waals surface area contributed by atoms with Gasteiger partial charge in [-0.25, -0.2) is 0 Å². The number of ether oxygens (including phenoxy) is 1. The lowest BCUT2D eigenvalue weighted by Gasteiger charge is -2.43. The van der Waals surface area contributed by atoms with Gasteiger partial charge < -0.3 is 25.6 Å². The second kappa shape index (κ2) is 9.76. The molecule has 36 heavy (non-hydrogen) atoms. The second-order valence-electron chi connectivity index (χ2n) is 11.8. The van der Waals surface area contributed by atoms with Crippen LogP contribution in [0.4, 0.5) is 5.69 Å². The highest BCUT2D eigenvalue weighted by molar-refractivity contribution is 5.99. The summed E-state index contributed by atoms with van der Waals surface area (Å²) in [7, 11) is 0. The van der Waals surface area contributed by atoms with Crippen molar-refractivity contribution in [2.75, 3.05) is 44.2 Å². The summed E-state index contributed by atoms with van der Waals surface area (Å²) in [5.74, 6) is -0.735. The van der Waals surface area contributed by atoms with Crippen LogP contribution in [0.3, 0.4) is 0 Å². The van der Waals surface area contributed by atoms with E-state index < -0.39 is 29.6 Å². The Bertz CT molecular complexity index is 994. The van der Waals surface area contributed by atoms with Crippen LogP contribution < -0.4 is 16.0 Å². The summed E-state index contributed by atoms with van der Waals surface area (Å²) in [5, 5.41) is 2.95. The Morgan fingerprint density at radius 1 is 1.08 bits per heavy atom. The summed E-state index contributed by atoms with van der Waals surface area (Å²) in [6, 6.07) is 6.51. The lowest BCUT2D eigenvalue weighted by atomic mass is 9.85. The van der Waals surface area contributed by atoms with E-state index in [2.05, 4.69) is 15.1 Å². The van der Waals surface area contributed by atoms with Crippen molar-refractivity contribution in [3.05, 3.63) is 29.8 Å². The number of rotatable bonds is 5. The number of amides is 2. The number of nitrogens with two attached hydrogens (primary N) is 1. The van der Waals surface area contributed by atoms with Gasteiger partial charge in [-0.2, -0.15) is 0 Å². The van der Waals surface area contributed by atoms with E-state index in [1.165, 1.54) is 24.2 Å². The highest BCUT2D eigenvalue weighted by atomic mass is 16.5. The molecule has 9 heteroatoms. The van der Waals surface area contributed by atoms with E-state index in [1.807, 2.05) is 45.0 Å². The van der Waals surface area contributed by atoms with Crippen LogP contribution in [0.15, 0.2) is 24.3 Å². The van der Waals surface area contributed by atoms with E-state index in [0.717, 1.165) is 37.9 Å². The van der Waals surface area contributed by atoms with Crippen molar-refractivity contribution in [3.8, 4) is 0 Å². The molecule has 4 atom stereocenters. The zero-order chi connectivity index (χ0) is 25.6. The molecule has 3 saturated heterocycles. The lowest BCUT2D eigenvalue weighted by molar-refractivity contribution is -0.140. The maximum atomic E-state index is 13.6. The molecule has 3 N–H and O–H groups in total. The molecule has 4 aliphatic rings. The number of piperazine rings is 1. The van der Waals surface area contributed by atoms with Crippen molar-refractivity contribution in [3.63, 3.8) is 0 Å². The molecule has 1 aromatic carbocycles. The summed E-state index contributed by atoms with van der Waals surface area (Å²) in [6.45, 7) is 10.1. The van der Waals surface area contributed by atoms with Crippen molar-refractivity contribution in [1.82, 2.24) is 15.1 Å². The van der Waals surface area contributed by atoms with Crippen LogP contribution in [0.2, 0.25) is 0 Å². The first kappa shape index (κ1) is 25.2. The topological polar surface area (TPSA) is 108 Å². The predicted molar refractivity (Wildman–Crippen MR) is 137 cm³/mol. The first-order chi connectivity index (χ1) is 17.1. The van der Waals surface area contributed by atoms with Gasteiger partial charge in [0, 0.05) is 50.0 Å². The van der Waals surface area contributed by atoms with Gasteiger partial charge in [-0.05, 0) is 42.5 Å². The van der Waals surface area contributed by atoms with E-state index in [4.69, 9.17) is 10.5 Å². The van der Waals surface area contributed by atoms with Crippen molar-refractivity contribution in [1.29, 1.82) is 0 Å². The maximum absolute atomic E-state index is 13.6. The molecular formula is C27H39N5O4. The monoisotopic (exact) mass is 497 g/mol. The number of nitrogens with zero attached hydrogens (tertiary/aromatic N) is 3. The minimum atomic E-state index is -0.802. The number of nitrogens with one attached hydrogen (secondary N) is 1. The van der Waals surface area contributed by atoms with Gasteiger partial charge in [0.05, 0.1) is 6.04 Å². The number of carbonyl (C=O) groups excluding carboxylic acids is 3. The van der Waals surface area contributed by atoms with Crippen LogP contribution in [0.25, 0.3) is 0 Å². The van der Waals surface area contributed by atoms with Gasteiger partial charge >= 0.3 is 0 Å². The van der Waals surface area contributed by atoms with E-state index in [0.29, 0.717) is 5.56 Å². The number of fused-ring (bicyclic) bond motifs is 1. The fourth-order valence-electron chi connectivity index (χ4n) is 5.87. The SMILES string of the molecule is CC(C)(C)C(NC(=O)c1ccc(N2CCN(C3CCC3)CC2)cc1)C(=O)N1C[C@@H](N)[C@H]2OCC(=O)[C@H]21. The Hall–Kier alpha value is -2.49. The van der Waals surface area contributed by atoms with Crippen LogP contribution in [-0.4, -0.2) is 97.0 Å². The number of hydrogen-bond acceptors (Lipinski definition) is 7. The van der Waals surface area contributed by atoms with E-state index in [1.54, 1.807) is 0 Å². The molecule has 0 spiro atoms. The molecule has 0 bridgehead atoms. The Morgan fingerprint density at radius 2 is 1.75 bits per heavy atom. The molecule has 0 aromatic heterocycles. The Kier molecular flexibility index (Phi) is 6.82. The van der Waals surface area contributed by atoms with Crippen LogP contribution in [0.5, 0.6) is 0 Å². The number of benzene rings is 1. The Balaban J connectivity index is 1.23. The van der Waals surface area contributed by atoms with E-state index in [9.17, 15) is 14.4 Å². The van der Waals surface area contributed by atoms with Gasteiger partial charge in [0.1, 0.15) is 24.8 Å². The fourth-order valence-corrected chi connectivity index (χ4v) is 5.87. The fraction of sp³-hybridized carbons (Fsp3) is 0.667. The predicted octanol–water partition coefficient (Wildman–Crippen LogP) is 1.01. The summed E-state index contributed by atoms with van der Waals surface area (Å²) in [4.78, 5) is 45.7. The molecule has 2 amide bonds. The first-order valence-electron chi connectivity index (χ1n) is 13.2. The molecule has 0 radical (unpaired) electrons. The smallest absolute Gasteiger partial charge is 0.251 e. The highest BCUT2D eigenvalue weighted by Gasteiger charge is 2.53. The van der Waals surface area contributed by atoms with Crippen LogP contribution in [0, 0.1) is 5.41 Å². The third kappa shape index (κ3) is 4.76. The van der Waals surface area contributed by atoms with Crippen LogP contribution >= 0.6 is 0 Å². The summed E-state index contributed by atoms with van der Waals surface area (Å²) in [6.07, 6.45) is 3.55. The average Bonchev–Trinajstić information content (AvgIpc) is 3.36. The zero-order valence-corrected chi connectivity index (χ0v) is 21.6. The average molecular weight is 498 g/mol. The molecule has 196 valence electrons. The number of Topliss-reactive ketones (excluding diaryl/α,β-unsaturated/α-hetero) is 1. The van der Waals surface area contributed by atoms with Crippen LogP contribution in [-0.2, 0) is 14.3 Å². The quantitative estimate of drug-likeness (QED) is 0.625. The van der Waals surface area contributed by atoms with Gasteiger partial charge in [-0.3, -0.25) is 19.3 Å². The molecule has 1 unspecified atom stereocenters. The minimum absolute atomic E-state index is 0.0265. The van der Waals surface area contributed by atoms with Gasteiger partial charge in [-0.1, -0.05) is 27.2 Å². The molecule has 5 rings (SSSR count). The Labute approximate surface area is 213 Å². The number of likely N-dealkylation sites (tertiary alicyclic amines) is 1. The van der Waals surface area contributed by atoms with Crippen molar-refractivity contribution < 1.29 is 19.1 Å². The third-order valence-corrected chi connectivity index (χ3v) is 8.30. The van der Waals surface area contributed by atoms with Gasteiger partial charge in [0.2, 0.25) is 5.91 Å². The van der Waals surface area contributed by atoms with Gasteiger partial charge in [-0.15, -0.1) is 0 Å². The summed E-state index contributed by atoms with van der Waals surface area (Å²) >= 11 is 0. The van der Waals surface area contributed by atoms with Crippen LogP contribution in [0.1, 0.15) is 50.4 Å². The largest absolute Gasteiger partial charge is 0.369 e. The number of ketones is 1. The minimum Gasteiger partial charge on any atom is -0.369 e. The molecule has 1 aliphatic carbocycles. The van der Waals surface area contributed by atoms with Crippen molar-refractivity contribution in [2.45, 2.75) is 70.3 Å². The van der Waals surface area contributed by atoms with Gasteiger partial charge in [0.25, 0.3) is 5.91 Å². The molecule has 9 nitrogen and oxygen atoms in total. The molecule has 3 aliphatic heterocycles. The molecule has 1 aromatic rings. The third-order valence-electron chi connectivity index (χ3n) is 8.30. The Morgan fingerprint density at radius 3 is 2.33 bits per heavy atom. The second-order valence-corrected chi connectivity index (χ2v) is 11.8. The standard InChI is InChI=1S/C27H39N5O4/c1-27(2,3)24(26(35)32-15-20(28)23-22(32)21(33)16-36-23)29-25(34)17-7-9-19(10-8-17)31-13-11-30(12-14-31)18-5-4-6-18/h7-10,18,20,22-24H,4-6,11-16,28H2,1-3H3,(H,29,34)/t20-,22-,23-,24?/m1/s1. The molecule has 3 heterocycles. The molecular weight excluding hydrogens is 458 g/mol. The van der Waals surface area contributed by atoms with Crippen molar-refractivity contribution >= 4 is 23.3 Å². The number of carbonyl (C=O) groups is 3. The summed E-state index contributed by atoms with van der Waals surface area (Å²) in [5.41, 5.74) is 7.21. The van der Waals surface area contributed by atoms with Gasteiger partial charge in [0.15, 0.2) is 5.78 Å². The summed E-state index contributed by atoms with van der Waals surface area (Å²) < 4.78 is 5.52. The van der Waals surface area contributed by atoms with Crippen molar-refractivity contribution in [2.24, 2.45) is 11.1 Å². The highest BCUT2D eigenvalue weighted by Crippen LogP contribution is 2.31. The van der Waals surface area contributed by atoms with E-state index >= 15 is 0 Å². The normalized spacial score (nSPS) is 28.1. The number of anilines is 1. The first-order valence-corrected chi connectivity index (χ1v) is 13.2. The maximum Gasteiger partial charge on any atom is 0.251 e. The molecule has 1 saturated carbocycles. The van der Waals surface area contributed by atoms with E-state index in [-0.39, 0.29) is 30.7 Å². The lowest BCUT2D eigenvalue weighted by Crippen LogP contribution is -2.57. The zero-order valence-electron chi connectivity index (χ0n) is 21.6.